The molecule has 0 radical (unpaired) electrons. The Morgan fingerprint density at radius 1 is 0.900 bits per heavy atom. The van der Waals surface area contributed by atoms with Crippen molar-refractivity contribution in [3.63, 3.8) is 0 Å². The largest absolute Gasteiger partial charge is 0.329 e. The van der Waals surface area contributed by atoms with Crippen LogP contribution in [0.2, 0.25) is 0 Å². The lowest BCUT2D eigenvalue weighted by atomic mass is 10.2. The molecule has 0 unspecified atom stereocenters. The van der Waals surface area contributed by atoms with Gasteiger partial charge in [-0.1, -0.05) is 24.3 Å². The van der Waals surface area contributed by atoms with Crippen molar-refractivity contribution in [2.24, 2.45) is 0 Å². The number of hydrogen-bond acceptors (Lipinski definition) is 3. The predicted molar refractivity (Wildman–Crippen MR) is 83.5 cm³/mol. The zero-order valence-electron chi connectivity index (χ0n) is 12.0. The number of anilines is 2. The molecule has 1 heterocycles. The third-order valence-corrected chi connectivity index (χ3v) is 3.40. The lowest BCUT2D eigenvalue weighted by molar-refractivity contribution is 1.04. The monoisotopic (exact) mass is 263 g/mol. The zero-order chi connectivity index (χ0) is 14.1. The molecule has 0 fully saturated rings. The van der Waals surface area contributed by atoms with E-state index in [0.717, 1.165) is 28.2 Å². The van der Waals surface area contributed by atoms with Crippen molar-refractivity contribution in [3.8, 4) is 0 Å². The quantitative estimate of drug-likeness (QED) is 0.699. The van der Waals surface area contributed by atoms with E-state index in [1.165, 1.54) is 5.56 Å². The Labute approximate surface area is 118 Å². The van der Waals surface area contributed by atoms with Gasteiger partial charge in [-0.25, -0.2) is 9.97 Å². The molecule has 0 aliphatic rings. The Balaban J connectivity index is 2.18. The average molecular weight is 263 g/mol. The van der Waals surface area contributed by atoms with Gasteiger partial charge in [0.2, 0.25) is 0 Å². The summed E-state index contributed by atoms with van der Waals surface area (Å²) < 4.78 is 0. The number of rotatable bonds is 2. The van der Waals surface area contributed by atoms with Gasteiger partial charge >= 0.3 is 0 Å². The van der Waals surface area contributed by atoms with Gasteiger partial charge in [-0.3, -0.25) is 0 Å². The summed E-state index contributed by atoms with van der Waals surface area (Å²) >= 11 is 0. The van der Waals surface area contributed by atoms with Gasteiger partial charge in [0.25, 0.3) is 0 Å². The van der Waals surface area contributed by atoms with Crippen LogP contribution in [0.5, 0.6) is 0 Å². The van der Waals surface area contributed by atoms with E-state index < -0.39 is 0 Å². The van der Waals surface area contributed by atoms with Crippen LogP contribution in [-0.4, -0.2) is 17.0 Å². The van der Waals surface area contributed by atoms with Gasteiger partial charge in [-0.15, -0.1) is 0 Å². The highest BCUT2D eigenvalue weighted by atomic mass is 15.2. The van der Waals surface area contributed by atoms with Crippen LogP contribution >= 0.6 is 0 Å². The van der Waals surface area contributed by atoms with Crippen LogP contribution in [-0.2, 0) is 0 Å². The molecule has 3 heteroatoms. The lowest BCUT2D eigenvalue weighted by Gasteiger charge is -2.20. The Morgan fingerprint density at radius 2 is 1.70 bits per heavy atom. The summed E-state index contributed by atoms with van der Waals surface area (Å²) in [5.41, 5.74) is 3.35. The SMILES string of the molecule is Cc1cccc(N(C)c2nc(C)nc3ccccc23)c1. The van der Waals surface area contributed by atoms with Crippen LogP contribution in [0.25, 0.3) is 10.9 Å². The van der Waals surface area contributed by atoms with Crippen LogP contribution in [0.15, 0.2) is 48.5 Å². The number of para-hydroxylation sites is 1. The normalized spacial score (nSPS) is 10.8. The molecule has 0 saturated carbocycles. The van der Waals surface area contributed by atoms with Gasteiger partial charge in [-0.2, -0.15) is 0 Å². The molecule has 1 aromatic heterocycles. The molecule has 0 amide bonds. The van der Waals surface area contributed by atoms with Crippen LogP contribution in [0.4, 0.5) is 11.5 Å². The second-order valence-electron chi connectivity index (χ2n) is 5.01. The van der Waals surface area contributed by atoms with Crippen molar-refractivity contribution in [2.45, 2.75) is 13.8 Å². The fraction of sp³-hybridized carbons (Fsp3) is 0.176. The number of aromatic nitrogens is 2. The second-order valence-corrected chi connectivity index (χ2v) is 5.01. The highest BCUT2D eigenvalue weighted by molar-refractivity contribution is 5.91. The molecule has 3 aromatic rings. The molecule has 0 N–H and O–H groups in total. The van der Waals surface area contributed by atoms with E-state index in [9.17, 15) is 0 Å². The van der Waals surface area contributed by atoms with E-state index in [2.05, 4.69) is 52.1 Å². The van der Waals surface area contributed by atoms with E-state index in [1.54, 1.807) is 0 Å². The van der Waals surface area contributed by atoms with Gasteiger partial charge in [0, 0.05) is 18.1 Å². The van der Waals surface area contributed by atoms with Crippen LogP contribution in [0.1, 0.15) is 11.4 Å². The first-order chi connectivity index (χ1) is 9.65. The summed E-state index contributed by atoms with van der Waals surface area (Å²) in [6.07, 6.45) is 0. The van der Waals surface area contributed by atoms with E-state index in [0.29, 0.717) is 0 Å². The van der Waals surface area contributed by atoms with Crippen molar-refractivity contribution in [1.82, 2.24) is 9.97 Å². The summed E-state index contributed by atoms with van der Waals surface area (Å²) in [5.74, 6) is 1.73. The minimum absolute atomic E-state index is 0.790. The molecular formula is C17H17N3. The van der Waals surface area contributed by atoms with Gasteiger partial charge in [0.1, 0.15) is 11.6 Å². The Kier molecular flexibility index (Phi) is 3.11. The minimum Gasteiger partial charge on any atom is -0.329 e. The second kappa shape index (κ2) is 4.93. The number of fused-ring (bicyclic) bond motifs is 1. The molecule has 2 aromatic carbocycles. The zero-order valence-corrected chi connectivity index (χ0v) is 12.0. The van der Waals surface area contributed by atoms with Crippen molar-refractivity contribution < 1.29 is 0 Å². The lowest BCUT2D eigenvalue weighted by Crippen LogP contribution is -2.13. The van der Waals surface area contributed by atoms with E-state index in [-0.39, 0.29) is 0 Å². The molecule has 100 valence electrons. The van der Waals surface area contributed by atoms with Gasteiger partial charge in [-0.05, 0) is 43.7 Å². The van der Waals surface area contributed by atoms with Crippen molar-refractivity contribution in [2.75, 3.05) is 11.9 Å². The van der Waals surface area contributed by atoms with Gasteiger partial charge in [0.05, 0.1) is 5.52 Å². The summed E-state index contributed by atoms with van der Waals surface area (Å²) in [7, 11) is 2.04. The Bertz CT molecular complexity index is 765. The van der Waals surface area contributed by atoms with Gasteiger partial charge in [0.15, 0.2) is 0 Å². The number of nitrogens with zero attached hydrogens (tertiary/aromatic N) is 3. The molecule has 0 atom stereocenters. The summed E-state index contributed by atoms with van der Waals surface area (Å²) in [4.78, 5) is 11.2. The summed E-state index contributed by atoms with van der Waals surface area (Å²) in [6.45, 7) is 4.03. The topological polar surface area (TPSA) is 29.0 Å². The van der Waals surface area contributed by atoms with Crippen LogP contribution in [0, 0.1) is 13.8 Å². The standard InChI is InChI=1S/C17H17N3/c1-12-7-6-8-14(11-12)20(3)17-15-9-4-5-10-16(15)18-13(2)19-17/h4-11H,1-3H3. The molecule has 3 rings (SSSR count). The average Bonchev–Trinajstić information content (AvgIpc) is 2.45. The molecule has 0 bridgehead atoms. The molecule has 0 saturated heterocycles. The van der Waals surface area contributed by atoms with E-state index in [1.807, 2.05) is 32.2 Å². The Morgan fingerprint density at radius 3 is 2.50 bits per heavy atom. The first kappa shape index (κ1) is 12.6. The smallest absolute Gasteiger partial charge is 0.144 e. The van der Waals surface area contributed by atoms with Crippen molar-refractivity contribution in [1.29, 1.82) is 0 Å². The first-order valence-corrected chi connectivity index (χ1v) is 6.69. The third-order valence-electron chi connectivity index (χ3n) is 3.40. The predicted octanol–water partition coefficient (Wildman–Crippen LogP) is 4.01. The summed E-state index contributed by atoms with van der Waals surface area (Å²) in [6, 6.07) is 16.5. The maximum atomic E-state index is 4.62. The highest BCUT2D eigenvalue weighted by Crippen LogP contribution is 2.28. The first-order valence-electron chi connectivity index (χ1n) is 6.69. The molecule has 20 heavy (non-hydrogen) atoms. The fourth-order valence-electron chi connectivity index (χ4n) is 2.39. The summed E-state index contributed by atoms with van der Waals surface area (Å²) in [5, 5.41) is 1.07. The van der Waals surface area contributed by atoms with Crippen LogP contribution < -0.4 is 4.90 Å². The van der Waals surface area contributed by atoms with Gasteiger partial charge < -0.3 is 4.90 Å². The molecule has 0 aliphatic heterocycles. The van der Waals surface area contributed by atoms with Crippen molar-refractivity contribution >= 4 is 22.4 Å². The fourth-order valence-corrected chi connectivity index (χ4v) is 2.39. The third kappa shape index (κ3) is 2.23. The number of hydrogen-bond donors (Lipinski definition) is 0. The van der Waals surface area contributed by atoms with E-state index in [4.69, 9.17) is 0 Å². The van der Waals surface area contributed by atoms with Crippen molar-refractivity contribution in [3.05, 3.63) is 59.9 Å². The molecule has 0 spiro atoms. The number of benzene rings is 2. The highest BCUT2D eigenvalue weighted by Gasteiger charge is 2.11. The molecular weight excluding hydrogens is 246 g/mol. The minimum atomic E-state index is 0.790. The number of aryl methyl sites for hydroxylation is 2. The van der Waals surface area contributed by atoms with E-state index >= 15 is 0 Å². The maximum absolute atomic E-state index is 4.62. The maximum Gasteiger partial charge on any atom is 0.144 e. The van der Waals surface area contributed by atoms with Crippen LogP contribution in [0.3, 0.4) is 0 Å². The molecule has 0 aliphatic carbocycles. The Hall–Kier alpha value is -2.42. The molecule has 3 nitrogen and oxygen atoms in total.